The van der Waals surface area contributed by atoms with Gasteiger partial charge in [0.05, 0.1) is 13.2 Å². The van der Waals surface area contributed by atoms with Crippen LogP contribution in [0.3, 0.4) is 0 Å². The van der Waals surface area contributed by atoms with Crippen molar-refractivity contribution < 1.29 is 9.84 Å². The molecule has 1 saturated heterocycles. The molecule has 1 aliphatic heterocycles. The molecule has 0 saturated carbocycles. The molecule has 0 unspecified atom stereocenters. The number of nitrogens with zero attached hydrogens (tertiary/aromatic N) is 1. The number of hydrogen-bond acceptors (Lipinski definition) is 3. The smallest absolute Gasteiger partial charge is 0.118 e. The van der Waals surface area contributed by atoms with E-state index in [9.17, 15) is 5.11 Å². The van der Waals surface area contributed by atoms with Gasteiger partial charge in [-0.25, -0.2) is 0 Å². The van der Waals surface area contributed by atoms with Crippen LogP contribution < -0.4 is 4.74 Å². The third-order valence-electron chi connectivity index (χ3n) is 4.54. The SMILES string of the molecule is COc1ccc([C@H]2CCCN2C[C@@H](O)c2ccccc2Cl)cc1. The molecule has 4 heteroatoms. The first-order valence-corrected chi connectivity index (χ1v) is 8.37. The largest absolute Gasteiger partial charge is 0.497 e. The van der Waals surface area contributed by atoms with Gasteiger partial charge in [0.15, 0.2) is 0 Å². The highest BCUT2D eigenvalue weighted by Gasteiger charge is 2.28. The van der Waals surface area contributed by atoms with Crippen molar-refractivity contribution in [1.82, 2.24) is 4.90 Å². The zero-order chi connectivity index (χ0) is 16.2. The molecule has 0 bridgehead atoms. The molecule has 23 heavy (non-hydrogen) atoms. The number of ether oxygens (including phenoxy) is 1. The summed E-state index contributed by atoms with van der Waals surface area (Å²) in [5, 5.41) is 11.2. The first-order valence-electron chi connectivity index (χ1n) is 7.99. The van der Waals surface area contributed by atoms with Crippen LogP contribution in [0.5, 0.6) is 5.75 Å². The quantitative estimate of drug-likeness (QED) is 0.890. The lowest BCUT2D eigenvalue weighted by Gasteiger charge is -2.27. The number of likely N-dealkylation sites (tertiary alicyclic amines) is 1. The van der Waals surface area contributed by atoms with Gasteiger partial charge in [-0.05, 0) is 43.1 Å². The molecule has 0 amide bonds. The number of halogens is 1. The van der Waals surface area contributed by atoms with Crippen LogP contribution in [-0.4, -0.2) is 30.2 Å². The third kappa shape index (κ3) is 3.69. The van der Waals surface area contributed by atoms with Crippen molar-refractivity contribution in [1.29, 1.82) is 0 Å². The first kappa shape index (κ1) is 16.3. The predicted molar refractivity (Wildman–Crippen MR) is 93.0 cm³/mol. The molecule has 1 fully saturated rings. The van der Waals surface area contributed by atoms with E-state index < -0.39 is 6.10 Å². The lowest BCUT2D eigenvalue weighted by Crippen LogP contribution is -2.28. The van der Waals surface area contributed by atoms with Crippen LogP contribution in [0.4, 0.5) is 0 Å². The van der Waals surface area contributed by atoms with Crippen LogP contribution >= 0.6 is 11.6 Å². The van der Waals surface area contributed by atoms with Crippen LogP contribution in [0.1, 0.15) is 36.1 Å². The van der Waals surface area contributed by atoms with Gasteiger partial charge in [-0.1, -0.05) is 41.9 Å². The molecule has 2 atom stereocenters. The van der Waals surface area contributed by atoms with Crippen molar-refractivity contribution >= 4 is 11.6 Å². The van der Waals surface area contributed by atoms with Crippen molar-refractivity contribution in [3.8, 4) is 5.75 Å². The molecule has 2 aromatic rings. The van der Waals surface area contributed by atoms with E-state index in [1.54, 1.807) is 7.11 Å². The van der Waals surface area contributed by atoms with E-state index in [-0.39, 0.29) is 0 Å². The highest BCUT2D eigenvalue weighted by molar-refractivity contribution is 6.31. The molecule has 3 rings (SSSR count). The normalized spacial score (nSPS) is 19.7. The van der Waals surface area contributed by atoms with Crippen molar-refractivity contribution in [2.45, 2.75) is 25.0 Å². The van der Waals surface area contributed by atoms with Crippen LogP contribution in [0, 0.1) is 0 Å². The number of rotatable bonds is 5. The van der Waals surface area contributed by atoms with E-state index >= 15 is 0 Å². The van der Waals surface area contributed by atoms with Crippen molar-refractivity contribution in [3.05, 3.63) is 64.7 Å². The van der Waals surface area contributed by atoms with Gasteiger partial charge in [-0.2, -0.15) is 0 Å². The molecule has 1 heterocycles. The lowest BCUT2D eigenvalue weighted by molar-refractivity contribution is 0.106. The summed E-state index contributed by atoms with van der Waals surface area (Å²) in [6.45, 7) is 1.60. The maximum atomic E-state index is 10.6. The Morgan fingerprint density at radius 1 is 1.22 bits per heavy atom. The van der Waals surface area contributed by atoms with E-state index in [4.69, 9.17) is 16.3 Å². The molecule has 1 aliphatic rings. The molecule has 1 N–H and O–H groups in total. The van der Waals surface area contributed by atoms with E-state index in [0.717, 1.165) is 30.7 Å². The number of benzene rings is 2. The Bertz CT molecular complexity index is 644. The molecular weight excluding hydrogens is 310 g/mol. The molecule has 0 radical (unpaired) electrons. The molecule has 2 aromatic carbocycles. The maximum absolute atomic E-state index is 10.6. The van der Waals surface area contributed by atoms with Crippen LogP contribution in [0.15, 0.2) is 48.5 Å². The lowest BCUT2D eigenvalue weighted by atomic mass is 10.0. The summed E-state index contributed by atoms with van der Waals surface area (Å²) in [7, 11) is 1.68. The summed E-state index contributed by atoms with van der Waals surface area (Å²) >= 11 is 6.20. The summed E-state index contributed by atoms with van der Waals surface area (Å²) in [5.41, 5.74) is 2.07. The fourth-order valence-electron chi connectivity index (χ4n) is 3.31. The fraction of sp³-hybridized carbons (Fsp3) is 0.368. The predicted octanol–water partition coefficient (Wildman–Crippen LogP) is 4.22. The monoisotopic (exact) mass is 331 g/mol. The van der Waals surface area contributed by atoms with Crippen LogP contribution in [0.25, 0.3) is 0 Å². The minimum atomic E-state index is -0.567. The fourth-order valence-corrected chi connectivity index (χ4v) is 3.58. The summed E-state index contributed by atoms with van der Waals surface area (Å²) in [6, 6.07) is 16.1. The number of β-amino-alcohol motifs (C(OH)–C–C–N with tert-alkyl or cyclic N) is 1. The molecule has 122 valence electrons. The van der Waals surface area contributed by atoms with Crippen molar-refractivity contribution in [3.63, 3.8) is 0 Å². The second-order valence-electron chi connectivity index (χ2n) is 5.96. The zero-order valence-electron chi connectivity index (χ0n) is 13.3. The average Bonchev–Trinajstić information content (AvgIpc) is 3.03. The second kappa shape index (κ2) is 7.35. The first-order chi connectivity index (χ1) is 11.2. The number of hydrogen-bond donors (Lipinski definition) is 1. The standard InChI is InChI=1S/C19H22ClNO2/c1-23-15-10-8-14(9-11-15)18-7-4-12-21(18)13-19(22)16-5-2-3-6-17(16)20/h2-3,5-6,8-11,18-19,22H,4,7,12-13H2,1H3/t18-,19-/m1/s1. The minimum absolute atomic E-state index is 0.345. The highest BCUT2D eigenvalue weighted by atomic mass is 35.5. The van der Waals surface area contributed by atoms with E-state index in [1.807, 2.05) is 36.4 Å². The van der Waals surface area contributed by atoms with Gasteiger partial charge in [-0.15, -0.1) is 0 Å². The molecule has 0 aromatic heterocycles. The van der Waals surface area contributed by atoms with E-state index in [0.29, 0.717) is 17.6 Å². The molecule has 3 nitrogen and oxygen atoms in total. The third-order valence-corrected chi connectivity index (χ3v) is 4.88. The van der Waals surface area contributed by atoms with Gasteiger partial charge in [0, 0.05) is 23.2 Å². The van der Waals surface area contributed by atoms with Gasteiger partial charge >= 0.3 is 0 Å². The van der Waals surface area contributed by atoms with Gasteiger partial charge in [0.25, 0.3) is 0 Å². The van der Waals surface area contributed by atoms with Crippen molar-refractivity contribution in [2.75, 3.05) is 20.2 Å². The Morgan fingerprint density at radius 3 is 2.65 bits per heavy atom. The number of aliphatic hydroxyl groups is 1. The Balaban J connectivity index is 1.72. The number of aliphatic hydroxyl groups excluding tert-OH is 1. The topological polar surface area (TPSA) is 32.7 Å². The van der Waals surface area contributed by atoms with E-state index in [2.05, 4.69) is 17.0 Å². The Labute approximate surface area is 142 Å². The zero-order valence-corrected chi connectivity index (χ0v) is 14.0. The van der Waals surface area contributed by atoms with Gasteiger partial charge in [0.1, 0.15) is 5.75 Å². The summed E-state index contributed by atoms with van der Waals surface area (Å²) in [5.74, 6) is 0.870. The summed E-state index contributed by atoms with van der Waals surface area (Å²) < 4.78 is 5.23. The minimum Gasteiger partial charge on any atom is -0.497 e. The van der Waals surface area contributed by atoms with Gasteiger partial charge in [-0.3, -0.25) is 4.90 Å². The molecule has 0 spiro atoms. The average molecular weight is 332 g/mol. The summed E-state index contributed by atoms with van der Waals surface area (Å²) in [6.07, 6.45) is 1.69. The van der Waals surface area contributed by atoms with Gasteiger partial charge in [0.2, 0.25) is 0 Å². The Kier molecular flexibility index (Phi) is 5.21. The van der Waals surface area contributed by atoms with Crippen LogP contribution in [-0.2, 0) is 0 Å². The maximum Gasteiger partial charge on any atom is 0.118 e. The highest BCUT2D eigenvalue weighted by Crippen LogP contribution is 2.34. The van der Waals surface area contributed by atoms with Crippen molar-refractivity contribution in [2.24, 2.45) is 0 Å². The Hall–Kier alpha value is -1.55. The molecular formula is C19H22ClNO2. The number of methoxy groups -OCH3 is 1. The van der Waals surface area contributed by atoms with Crippen LogP contribution in [0.2, 0.25) is 5.02 Å². The van der Waals surface area contributed by atoms with E-state index in [1.165, 1.54) is 5.56 Å². The Morgan fingerprint density at radius 2 is 1.96 bits per heavy atom. The second-order valence-corrected chi connectivity index (χ2v) is 6.37. The summed E-state index contributed by atoms with van der Waals surface area (Å²) in [4.78, 5) is 2.34. The molecule has 0 aliphatic carbocycles. The van der Waals surface area contributed by atoms with Gasteiger partial charge < -0.3 is 9.84 Å².